The number of anilines is 1. The number of hydrogen-bond acceptors (Lipinski definition) is 6. The van der Waals surface area contributed by atoms with Crippen molar-refractivity contribution in [3.8, 4) is 0 Å². The number of benzene rings is 1. The lowest BCUT2D eigenvalue weighted by Gasteiger charge is -2.34. The third-order valence-corrected chi connectivity index (χ3v) is 4.41. The molecule has 1 aromatic rings. The molecule has 1 aromatic carbocycles. The fourth-order valence-electron chi connectivity index (χ4n) is 2.33. The van der Waals surface area contributed by atoms with E-state index in [9.17, 15) is 18.5 Å². The Morgan fingerprint density at radius 1 is 1.45 bits per heavy atom. The van der Waals surface area contributed by atoms with Crippen molar-refractivity contribution in [2.45, 2.75) is 17.9 Å². The van der Waals surface area contributed by atoms with E-state index < -0.39 is 14.8 Å². The molecule has 0 unspecified atom stereocenters. The molecule has 0 aromatic heterocycles. The molecule has 8 heteroatoms. The Labute approximate surface area is 117 Å². The van der Waals surface area contributed by atoms with Crippen molar-refractivity contribution in [3.05, 3.63) is 28.3 Å². The lowest BCUT2D eigenvalue weighted by atomic mass is 10.2. The highest BCUT2D eigenvalue weighted by Crippen LogP contribution is 2.30. The van der Waals surface area contributed by atoms with Crippen molar-refractivity contribution in [1.82, 2.24) is 5.32 Å². The van der Waals surface area contributed by atoms with E-state index in [2.05, 4.69) is 5.32 Å². The van der Waals surface area contributed by atoms with Crippen molar-refractivity contribution in [3.63, 3.8) is 0 Å². The quantitative estimate of drug-likeness (QED) is 0.655. The summed E-state index contributed by atoms with van der Waals surface area (Å²) in [5.74, 6) is 0. The van der Waals surface area contributed by atoms with E-state index >= 15 is 0 Å². The number of nitro benzene ring substituents is 1. The van der Waals surface area contributed by atoms with Gasteiger partial charge in [-0.1, -0.05) is 0 Å². The molecule has 1 saturated heterocycles. The maximum absolute atomic E-state index is 11.8. The SMILES string of the molecule is C[C@@H]1CN(c2cc([N+](=O)[O-])ccc2S(C)(=O)=O)CCN1. The highest BCUT2D eigenvalue weighted by molar-refractivity contribution is 7.90. The van der Waals surface area contributed by atoms with Gasteiger partial charge in [0.05, 0.1) is 15.5 Å². The van der Waals surface area contributed by atoms with E-state index in [0.717, 1.165) is 6.26 Å². The number of sulfone groups is 1. The molecule has 20 heavy (non-hydrogen) atoms. The summed E-state index contributed by atoms with van der Waals surface area (Å²) in [5, 5.41) is 14.1. The number of hydrogen-bond donors (Lipinski definition) is 1. The topological polar surface area (TPSA) is 92.5 Å². The fraction of sp³-hybridized carbons (Fsp3) is 0.500. The zero-order valence-electron chi connectivity index (χ0n) is 11.4. The van der Waals surface area contributed by atoms with Crippen LogP contribution in [0, 0.1) is 10.1 Å². The van der Waals surface area contributed by atoms with Crippen molar-refractivity contribution < 1.29 is 13.3 Å². The molecular formula is C12H17N3O4S. The van der Waals surface area contributed by atoms with E-state index in [4.69, 9.17) is 0 Å². The first-order valence-corrected chi connectivity index (χ1v) is 8.15. The first kappa shape index (κ1) is 14.7. The van der Waals surface area contributed by atoms with Crippen molar-refractivity contribution in [2.24, 2.45) is 0 Å². The largest absolute Gasteiger partial charge is 0.367 e. The molecule has 0 saturated carbocycles. The first-order valence-electron chi connectivity index (χ1n) is 6.26. The lowest BCUT2D eigenvalue weighted by molar-refractivity contribution is -0.384. The predicted molar refractivity (Wildman–Crippen MR) is 75.9 cm³/mol. The predicted octanol–water partition coefficient (Wildman–Crippen LogP) is 0.796. The molecule has 2 rings (SSSR count). The van der Waals surface area contributed by atoms with Crippen LogP contribution in [0.5, 0.6) is 0 Å². The molecule has 0 radical (unpaired) electrons. The smallest absolute Gasteiger partial charge is 0.271 e. The van der Waals surface area contributed by atoms with Crippen molar-refractivity contribution in [1.29, 1.82) is 0 Å². The second-order valence-corrected chi connectivity index (χ2v) is 6.97. The Bertz CT molecular complexity index is 630. The highest BCUT2D eigenvalue weighted by Gasteiger charge is 2.24. The summed E-state index contributed by atoms with van der Waals surface area (Å²) >= 11 is 0. The summed E-state index contributed by atoms with van der Waals surface area (Å²) < 4.78 is 23.7. The van der Waals surface area contributed by atoms with Crippen LogP contribution in [0.15, 0.2) is 23.1 Å². The number of nitrogens with zero attached hydrogens (tertiary/aromatic N) is 2. The second kappa shape index (κ2) is 5.37. The average molecular weight is 299 g/mol. The minimum Gasteiger partial charge on any atom is -0.367 e. The van der Waals surface area contributed by atoms with Crippen LogP contribution >= 0.6 is 0 Å². The molecule has 0 amide bonds. The summed E-state index contributed by atoms with van der Waals surface area (Å²) in [7, 11) is -3.43. The van der Waals surface area contributed by atoms with Gasteiger partial charge in [0.25, 0.3) is 5.69 Å². The van der Waals surface area contributed by atoms with Gasteiger partial charge >= 0.3 is 0 Å². The van der Waals surface area contributed by atoms with Crippen LogP contribution in [0.3, 0.4) is 0 Å². The molecule has 7 nitrogen and oxygen atoms in total. The van der Waals surface area contributed by atoms with Gasteiger partial charge in [0, 0.05) is 44.1 Å². The molecule has 1 aliphatic heterocycles. The maximum Gasteiger partial charge on any atom is 0.271 e. The van der Waals surface area contributed by atoms with Gasteiger partial charge in [-0.2, -0.15) is 0 Å². The minimum absolute atomic E-state index is 0.0985. The van der Waals surface area contributed by atoms with Gasteiger partial charge in [-0.3, -0.25) is 10.1 Å². The number of nitro groups is 1. The lowest BCUT2D eigenvalue weighted by Crippen LogP contribution is -2.49. The van der Waals surface area contributed by atoms with Gasteiger partial charge in [-0.15, -0.1) is 0 Å². The first-order chi connectivity index (χ1) is 9.29. The second-order valence-electron chi connectivity index (χ2n) is 4.98. The third kappa shape index (κ3) is 3.07. The molecule has 1 N–H and O–H groups in total. The van der Waals surface area contributed by atoms with Crippen LogP contribution in [-0.4, -0.2) is 45.3 Å². The third-order valence-electron chi connectivity index (χ3n) is 3.26. The molecule has 1 aliphatic rings. The summed E-state index contributed by atoms with van der Waals surface area (Å²) in [4.78, 5) is 12.4. The van der Waals surface area contributed by atoms with Crippen LogP contribution in [0.2, 0.25) is 0 Å². The number of nitrogens with one attached hydrogen (secondary N) is 1. The van der Waals surface area contributed by atoms with Crippen LogP contribution in [0.25, 0.3) is 0 Å². The van der Waals surface area contributed by atoms with Crippen LogP contribution in [0.4, 0.5) is 11.4 Å². The van der Waals surface area contributed by atoms with E-state index in [1.807, 2.05) is 11.8 Å². The molecule has 0 bridgehead atoms. The molecule has 1 heterocycles. The van der Waals surface area contributed by atoms with E-state index in [0.29, 0.717) is 25.3 Å². The van der Waals surface area contributed by atoms with Crippen LogP contribution < -0.4 is 10.2 Å². The monoisotopic (exact) mass is 299 g/mol. The molecule has 0 spiro atoms. The molecule has 110 valence electrons. The van der Waals surface area contributed by atoms with Gasteiger partial charge in [0.2, 0.25) is 0 Å². The average Bonchev–Trinajstić information content (AvgIpc) is 2.37. The molecule has 1 atom stereocenters. The Balaban J connectivity index is 2.51. The van der Waals surface area contributed by atoms with Gasteiger partial charge in [0.15, 0.2) is 9.84 Å². The Kier molecular flexibility index (Phi) is 3.96. The van der Waals surface area contributed by atoms with Crippen LogP contribution in [-0.2, 0) is 9.84 Å². The Morgan fingerprint density at radius 3 is 2.70 bits per heavy atom. The Hall–Kier alpha value is -1.67. The number of rotatable bonds is 3. The zero-order chi connectivity index (χ0) is 14.9. The number of non-ortho nitro benzene ring substituents is 1. The van der Waals surface area contributed by atoms with Gasteiger partial charge in [-0.05, 0) is 13.0 Å². The Morgan fingerprint density at radius 2 is 2.15 bits per heavy atom. The maximum atomic E-state index is 11.8. The standard InChI is InChI=1S/C12H17N3O4S/c1-9-8-14(6-5-13-9)11-7-10(15(16)17)3-4-12(11)20(2,18)19/h3-4,7,9,13H,5-6,8H2,1-2H3/t9-/m1/s1. The van der Waals surface area contributed by atoms with Crippen molar-refractivity contribution in [2.75, 3.05) is 30.8 Å². The van der Waals surface area contributed by atoms with E-state index in [-0.39, 0.29) is 16.6 Å². The molecular weight excluding hydrogens is 282 g/mol. The number of piperazine rings is 1. The molecule has 1 fully saturated rings. The summed E-state index contributed by atoms with van der Waals surface area (Å²) in [6, 6.07) is 4.09. The summed E-state index contributed by atoms with van der Waals surface area (Å²) in [6.45, 7) is 3.94. The molecule has 0 aliphatic carbocycles. The highest BCUT2D eigenvalue weighted by atomic mass is 32.2. The van der Waals surface area contributed by atoms with Gasteiger partial charge < -0.3 is 10.2 Å². The van der Waals surface area contributed by atoms with E-state index in [1.165, 1.54) is 18.2 Å². The minimum atomic E-state index is -3.43. The van der Waals surface area contributed by atoms with Gasteiger partial charge in [-0.25, -0.2) is 8.42 Å². The van der Waals surface area contributed by atoms with Crippen molar-refractivity contribution >= 4 is 21.2 Å². The van der Waals surface area contributed by atoms with E-state index in [1.54, 1.807) is 0 Å². The summed E-state index contributed by atoms with van der Waals surface area (Å²) in [5.41, 5.74) is 0.314. The van der Waals surface area contributed by atoms with Crippen LogP contribution in [0.1, 0.15) is 6.92 Å². The normalized spacial score (nSPS) is 19.9. The zero-order valence-corrected chi connectivity index (χ0v) is 12.2. The summed E-state index contributed by atoms with van der Waals surface area (Å²) in [6.07, 6.45) is 1.11. The van der Waals surface area contributed by atoms with Gasteiger partial charge in [0.1, 0.15) is 0 Å². The fourth-order valence-corrected chi connectivity index (χ4v) is 3.21.